The van der Waals surface area contributed by atoms with E-state index in [4.69, 9.17) is 5.73 Å². The van der Waals surface area contributed by atoms with Crippen LogP contribution in [0.5, 0.6) is 0 Å². The highest BCUT2D eigenvalue weighted by Gasteiger charge is 2.31. The lowest BCUT2D eigenvalue weighted by molar-refractivity contribution is -0.137. The van der Waals surface area contributed by atoms with E-state index < -0.39 is 17.3 Å². The molecule has 0 radical (unpaired) electrons. The fraction of sp³-hybridized carbons (Fsp3) is 0.462. The van der Waals surface area contributed by atoms with E-state index in [0.29, 0.717) is 0 Å². The maximum absolute atomic E-state index is 12.4. The van der Waals surface area contributed by atoms with Gasteiger partial charge in [-0.05, 0) is 38.1 Å². The van der Waals surface area contributed by atoms with Crippen LogP contribution in [0.1, 0.15) is 29.8 Å². The Labute approximate surface area is 110 Å². The van der Waals surface area contributed by atoms with Gasteiger partial charge in [-0.3, -0.25) is 4.79 Å². The van der Waals surface area contributed by atoms with Crippen LogP contribution in [0.3, 0.4) is 0 Å². The number of rotatable bonds is 3. The topological polar surface area (TPSA) is 46.3 Å². The van der Waals surface area contributed by atoms with E-state index >= 15 is 0 Å². The number of carbonyl (C=O) groups excluding carboxylic acids is 1. The van der Waals surface area contributed by atoms with E-state index in [1.807, 2.05) is 0 Å². The normalized spacial score (nSPS) is 12.4. The minimum absolute atomic E-state index is 0.206. The average molecular weight is 274 g/mol. The molecule has 0 atom stereocenters. The summed E-state index contributed by atoms with van der Waals surface area (Å²) in [6.45, 7) is 3.83. The summed E-state index contributed by atoms with van der Waals surface area (Å²) in [5, 5.41) is 0. The first-order valence-electron chi connectivity index (χ1n) is 5.75. The van der Waals surface area contributed by atoms with Gasteiger partial charge < -0.3 is 10.6 Å². The maximum Gasteiger partial charge on any atom is 0.416 e. The lowest BCUT2D eigenvalue weighted by Gasteiger charge is -2.34. The predicted octanol–water partition coefficient (Wildman–Crippen LogP) is 2.51. The summed E-state index contributed by atoms with van der Waals surface area (Å²) in [5.74, 6) is -0.357. The second-order valence-electron chi connectivity index (χ2n) is 4.96. The molecule has 1 amide bonds. The number of carbonyl (C=O) groups is 1. The van der Waals surface area contributed by atoms with Crippen molar-refractivity contribution in [1.29, 1.82) is 0 Å². The average Bonchev–Trinajstić information content (AvgIpc) is 2.36. The first-order chi connectivity index (χ1) is 8.59. The zero-order valence-corrected chi connectivity index (χ0v) is 11.1. The Hall–Kier alpha value is -1.56. The van der Waals surface area contributed by atoms with Crippen LogP contribution < -0.4 is 5.73 Å². The molecule has 0 unspecified atom stereocenters. The Kier molecular flexibility index (Phi) is 4.25. The molecule has 19 heavy (non-hydrogen) atoms. The Morgan fingerprint density at radius 1 is 1.21 bits per heavy atom. The van der Waals surface area contributed by atoms with Gasteiger partial charge in [0.15, 0.2) is 0 Å². The van der Waals surface area contributed by atoms with Crippen molar-refractivity contribution in [3.8, 4) is 0 Å². The molecule has 0 spiro atoms. The Morgan fingerprint density at radius 3 is 2.05 bits per heavy atom. The van der Waals surface area contributed by atoms with E-state index in [2.05, 4.69) is 0 Å². The van der Waals surface area contributed by atoms with Crippen molar-refractivity contribution in [2.75, 3.05) is 13.6 Å². The molecule has 1 rings (SSSR count). The number of nitrogens with two attached hydrogens (primary N) is 1. The third-order valence-electron chi connectivity index (χ3n) is 3.17. The van der Waals surface area contributed by atoms with Gasteiger partial charge >= 0.3 is 6.18 Å². The van der Waals surface area contributed by atoms with Gasteiger partial charge in [0.1, 0.15) is 0 Å². The molecular weight excluding hydrogens is 257 g/mol. The third-order valence-corrected chi connectivity index (χ3v) is 3.17. The highest BCUT2D eigenvalue weighted by molar-refractivity contribution is 5.94. The van der Waals surface area contributed by atoms with Crippen molar-refractivity contribution in [3.63, 3.8) is 0 Å². The van der Waals surface area contributed by atoms with E-state index in [1.54, 1.807) is 20.9 Å². The van der Waals surface area contributed by atoms with Crippen LogP contribution in [-0.2, 0) is 6.18 Å². The summed E-state index contributed by atoms with van der Waals surface area (Å²) in [7, 11) is 1.58. The number of hydrogen-bond donors (Lipinski definition) is 1. The smallest absolute Gasteiger partial charge is 0.335 e. The van der Waals surface area contributed by atoms with Crippen molar-refractivity contribution < 1.29 is 18.0 Å². The molecule has 0 saturated carbocycles. The van der Waals surface area contributed by atoms with E-state index in [9.17, 15) is 18.0 Å². The lowest BCUT2D eigenvalue weighted by atomic mass is 10.0. The number of hydrogen-bond acceptors (Lipinski definition) is 2. The largest absolute Gasteiger partial charge is 0.416 e. The standard InChI is InChI=1S/C13H17F3N2O/c1-12(2,8-17)18(3)11(19)9-4-6-10(7-5-9)13(14,15)16/h4-7H,8,17H2,1-3H3. The Morgan fingerprint density at radius 2 is 1.68 bits per heavy atom. The molecule has 0 aromatic heterocycles. The third kappa shape index (κ3) is 3.47. The number of amides is 1. The minimum Gasteiger partial charge on any atom is -0.335 e. The summed E-state index contributed by atoms with van der Waals surface area (Å²) in [5.41, 5.74) is 4.44. The summed E-state index contributed by atoms with van der Waals surface area (Å²) in [6.07, 6.45) is -4.40. The van der Waals surface area contributed by atoms with E-state index in [0.717, 1.165) is 12.1 Å². The molecule has 0 fully saturated rings. The minimum atomic E-state index is -4.40. The monoisotopic (exact) mass is 274 g/mol. The maximum atomic E-state index is 12.4. The highest BCUT2D eigenvalue weighted by atomic mass is 19.4. The molecule has 2 N–H and O–H groups in total. The van der Waals surface area contributed by atoms with Crippen LogP contribution in [0.4, 0.5) is 13.2 Å². The second-order valence-corrected chi connectivity index (χ2v) is 4.96. The van der Waals surface area contributed by atoms with Crippen LogP contribution >= 0.6 is 0 Å². The molecular formula is C13H17F3N2O. The summed E-state index contributed by atoms with van der Waals surface area (Å²) in [6, 6.07) is 4.15. The van der Waals surface area contributed by atoms with E-state index in [1.165, 1.54) is 17.0 Å². The van der Waals surface area contributed by atoms with Gasteiger partial charge in [-0.2, -0.15) is 13.2 Å². The molecule has 6 heteroatoms. The fourth-order valence-electron chi connectivity index (χ4n) is 1.41. The van der Waals surface area contributed by atoms with E-state index in [-0.39, 0.29) is 18.0 Å². The van der Waals surface area contributed by atoms with Gasteiger partial charge in [0.05, 0.1) is 5.56 Å². The second kappa shape index (κ2) is 5.21. The van der Waals surface area contributed by atoms with Crippen LogP contribution in [0, 0.1) is 0 Å². The predicted molar refractivity (Wildman–Crippen MR) is 66.7 cm³/mol. The number of alkyl halides is 3. The molecule has 106 valence electrons. The number of likely N-dealkylation sites (N-methyl/N-ethyl adjacent to an activating group) is 1. The molecule has 0 saturated heterocycles. The first-order valence-corrected chi connectivity index (χ1v) is 5.75. The van der Waals surface area contributed by atoms with Gasteiger partial charge in [-0.1, -0.05) is 0 Å². The van der Waals surface area contributed by atoms with Crippen LogP contribution in [0.25, 0.3) is 0 Å². The van der Waals surface area contributed by atoms with Crippen LogP contribution in [-0.4, -0.2) is 29.9 Å². The number of benzene rings is 1. The summed E-state index contributed by atoms with van der Waals surface area (Å²) >= 11 is 0. The highest BCUT2D eigenvalue weighted by Crippen LogP contribution is 2.29. The molecule has 1 aromatic rings. The molecule has 3 nitrogen and oxygen atoms in total. The zero-order valence-electron chi connectivity index (χ0n) is 11.1. The first kappa shape index (κ1) is 15.5. The van der Waals surface area contributed by atoms with Crippen molar-refractivity contribution in [3.05, 3.63) is 35.4 Å². The van der Waals surface area contributed by atoms with Crippen molar-refractivity contribution >= 4 is 5.91 Å². The van der Waals surface area contributed by atoms with Gasteiger partial charge in [0, 0.05) is 24.7 Å². The summed E-state index contributed by atoms with van der Waals surface area (Å²) in [4.78, 5) is 13.5. The van der Waals surface area contributed by atoms with Gasteiger partial charge in [-0.15, -0.1) is 0 Å². The van der Waals surface area contributed by atoms with Crippen molar-refractivity contribution in [2.24, 2.45) is 5.73 Å². The van der Waals surface area contributed by atoms with Gasteiger partial charge in [0.25, 0.3) is 5.91 Å². The molecule has 0 aliphatic rings. The Bertz CT molecular complexity index is 452. The van der Waals surface area contributed by atoms with Gasteiger partial charge in [0.2, 0.25) is 0 Å². The number of halogens is 3. The number of nitrogens with zero attached hydrogens (tertiary/aromatic N) is 1. The van der Waals surface area contributed by atoms with Gasteiger partial charge in [-0.25, -0.2) is 0 Å². The quantitative estimate of drug-likeness (QED) is 0.920. The molecule has 1 aromatic carbocycles. The molecule has 0 bridgehead atoms. The molecule has 0 aliphatic heterocycles. The van der Waals surface area contributed by atoms with Crippen molar-refractivity contribution in [1.82, 2.24) is 4.90 Å². The van der Waals surface area contributed by atoms with Crippen molar-refractivity contribution in [2.45, 2.75) is 25.6 Å². The fourth-order valence-corrected chi connectivity index (χ4v) is 1.41. The SMILES string of the molecule is CN(C(=O)c1ccc(C(F)(F)F)cc1)C(C)(C)CN. The Balaban J connectivity index is 2.96. The zero-order chi connectivity index (χ0) is 14.8. The van der Waals surface area contributed by atoms with Crippen LogP contribution in [0.15, 0.2) is 24.3 Å². The summed E-state index contributed by atoms with van der Waals surface area (Å²) < 4.78 is 37.2. The molecule has 0 heterocycles. The lowest BCUT2D eigenvalue weighted by Crippen LogP contribution is -2.50. The van der Waals surface area contributed by atoms with Crippen LogP contribution in [0.2, 0.25) is 0 Å². The molecule has 0 aliphatic carbocycles.